The summed E-state index contributed by atoms with van der Waals surface area (Å²) in [7, 11) is 1.59. The van der Waals surface area contributed by atoms with Crippen molar-refractivity contribution >= 4 is 11.8 Å². The fraction of sp³-hybridized carbons (Fsp3) is 0.440. The second kappa shape index (κ2) is 12.0. The van der Waals surface area contributed by atoms with E-state index in [2.05, 4.69) is 5.32 Å². The van der Waals surface area contributed by atoms with Gasteiger partial charge in [-0.25, -0.2) is 0 Å². The van der Waals surface area contributed by atoms with Gasteiger partial charge in [0.25, 0.3) is 5.91 Å². The lowest BCUT2D eigenvalue weighted by molar-refractivity contribution is -0.143. The number of benzene rings is 2. The molecule has 2 amide bonds. The highest BCUT2D eigenvalue weighted by atomic mass is 16.5. The first-order valence-electron chi connectivity index (χ1n) is 10.8. The summed E-state index contributed by atoms with van der Waals surface area (Å²) >= 11 is 0. The number of carbonyl (C=O) groups excluding carboxylic acids is 2. The molecule has 0 aliphatic heterocycles. The first-order chi connectivity index (χ1) is 14.9. The number of carbonyl (C=O) groups is 2. The van der Waals surface area contributed by atoms with Crippen molar-refractivity contribution in [3.63, 3.8) is 0 Å². The first kappa shape index (κ1) is 24.3. The van der Waals surface area contributed by atoms with Crippen LogP contribution in [-0.4, -0.2) is 42.5 Å². The Morgan fingerprint density at radius 3 is 2.13 bits per heavy atom. The topological polar surface area (TPSA) is 67.9 Å². The van der Waals surface area contributed by atoms with Gasteiger partial charge in [-0.3, -0.25) is 9.59 Å². The number of hydrogen-bond acceptors (Lipinski definition) is 4. The number of aryl methyl sites for hydroxylation is 1. The Balaban J connectivity index is 2.18. The van der Waals surface area contributed by atoms with Crippen molar-refractivity contribution in [3.05, 3.63) is 59.7 Å². The van der Waals surface area contributed by atoms with Gasteiger partial charge in [0, 0.05) is 12.6 Å². The Morgan fingerprint density at radius 1 is 0.968 bits per heavy atom. The highest BCUT2D eigenvalue weighted by molar-refractivity contribution is 5.88. The molecule has 0 radical (unpaired) electrons. The fourth-order valence-electron chi connectivity index (χ4n) is 3.15. The number of nitrogens with zero attached hydrogens (tertiary/aromatic N) is 1. The lowest BCUT2D eigenvalue weighted by atomic mass is 10.1. The third-order valence-electron chi connectivity index (χ3n) is 5.28. The SMILES string of the molecule is CC[C@@H](C)NC(=O)[C@H](CC)N(Cc1ccc(C)cc1)C(=O)COc1ccc(OC)cc1. The lowest BCUT2D eigenvalue weighted by Crippen LogP contribution is -2.51. The highest BCUT2D eigenvalue weighted by Gasteiger charge is 2.29. The van der Waals surface area contributed by atoms with Crippen LogP contribution in [0.1, 0.15) is 44.7 Å². The third-order valence-corrected chi connectivity index (χ3v) is 5.28. The summed E-state index contributed by atoms with van der Waals surface area (Å²) in [6.45, 7) is 8.11. The molecule has 0 aliphatic carbocycles. The van der Waals surface area contributed by atoms with E-state index in [-0.39, 0.29) is 24.5 Å². The summed E-state index contributed by atoms with van der Waals surface area (Å²) in [5.41, 5.74) is 2.12. The molecule has 0 spiro atoms. The summed E-state index contributed by atoms with van der Waals surface area (Å²) in [5, 5.41) is 3.01. The Morgan fingerprint density at radius 2 is 1.58 bits per heavy atom. The third kappa shape index (κ3) is 7.31. The molecule has 0 aromatic heterocycles. The second-order valence-corrected chi connectivity index (χ2v) is 7.71. The molecule has 0 saturated heterocycles. The van der Waals surface area contributed by atoms with Gasteiger partial charge in [0.15, 0.2) is 6.61 Å². The molecule has 0 unspecified atom stereocenters. The van der Waals surface area contributed by atoms with Crippen molar-refractivity contribution in [1.82, 2.24) is 10.2 Å². The Kier molecular flexibility index (Phi) is 9.38. The van der Waals surface area contributed by atoms with E-state index < -0.39 is 6.04 Å². The predicted octanol–water partition coefficient (Wildman–Crippen LogP) is 4.10. The minimum Gasteiger partial charge on any atom is -0.497 e. The van der Waals surface area contributed by atoms with Crippen LogP contribution in [0.25, 0.3) is 0 Å². The van der Waals surface area contributed by atoms with E-state index in [0.29, 0.717) is 24.5 Å². The molecule has 2 aromatic rings. The molecule has 2 rings (SSSR count). The van der Waals surface area contributed by atoms with Crippen LogP contribution in [-0.2, 0) is 16.1 Å². The minimum atomic E-state index is -0.567. The van der Waals surface area contributed by atoms with Gasteiger partial charge in [-0.1, -0.05) is 43.7 Å². The summed E-state index contributed by atoms with van der Waals surface area (Å²) in [6, 6.07) is 14.5. The smallest absolute Gasteiger partial charge is 0.261 e. The molecular weight excluding hydrogens is 392 g/mol. The number of rotatable bonds is 11. The largest absolute Gasteiger partial charge is 0.497 e. The van der Waals surface area contributed by atoms with Gasteiger partial charge >= 0.3 is 0 Å². The number of ether oxygens (including phenoxy) is 2. The van der Waals surface area contributed by atoms with Crippen molar-refractivity contribution in [2.75, 3.05) is 13.7 Å². The number of methoxy groups -OCH3 is 1. The predicted molar refractivity (Wildman–Crippen MR) is 122 cm³/mol. The minimum absolute atomic E-state index is 0.0495. The molecule has 168 valence electrons. The number of nitrogens with one attached hydrogen (secondary N) is 1. The quantitative estimate of drug-likeness (QED) is 0.587. The molecule has 2 atom stereocenters. The van der Waals surface area contributed by atoms with Gasteiger partial charge in [0.05, 0.1) is 7.11 Å². The lowest BCUT2D eigenvalue weighted by Gasteiger charge is -2.31. The van der Waals surface area contributed by atoms with Crippen LogP contribution < -0.4 is 14.8 Å². The molecule has 0 fully saturated rings. The van der Waals surface area contributed by atoms with Crippen molar-refractivity contribution in [2.24, 2.45) is 0 Å². The maximum atomic E-state index is 13.2. The van der Waals surface area contributed by atoms with Gasteiger partial charge in [-0.2, -0.15) is 0 Å². The van der Waals surface area contributed by atoms with Crippen molar-refractivity contribution in [2.45, 2.75) is 59.2 Å². The van der Waals surface area contributed by atoms with Crippen LogP contribution in [0.5, 0.6) is 11.5 Å². The Bertz CT molecular complexity index is 834. The van der Waals surface area contributed by atoms with E-state index in [9.17, 15) is 9.59 Å². The van der Waals surface area contributed by atoms with Gasteiger partial charge in [-0.05, 0) is 56.5 Å². The van der Waals surface area contributed by atoms with Gasteiger partial charge in [-0.15, -0.1) is 0 Å². The molecule has 0 heterocycles. The van der Waals surface area contributed by atoms with E-state index in [0.717, 1.165) is 17.5 Å². The summed E-state index contributed by atoms with van der Waals surface area (Å²) in [6.07, 6.45) is 1.34. The number of hydrogen-bond donors (Lipinski definition) is 1. The van der Waals surface area contributed by atoms with Gasteiger partial charge in [0.1, 0.15) is 17.5 Å². The summed E-state index contributed by atoms with van der Waals surface area (Å²) in [5.74, 6) is 0.915. The van der Waals surface area contributed by atoms with E-state index in [1.165, 1.54) is 0 Å². The van der Waals surface area contributed by atoms with Crippen LogP contribution in [0, 0.1) is 6.92 Å². The molecule has 31 heavy (non-hydrogen) atoms. The molecule has 2 aromatic carbocycles. The molecule has 0 bridgehead atoms. The van der Waals surface area contributed by atoms with E-state index in [4.69, 9.17) is 9.47 Å². The van der Waals surface area contributed by atoms with Crippen LogP contribution in [0.2, 0.25) is 0 Å². The molecule has 6 nitrogen and oxygen atoms in total. The van der Waals surface area contributed by atoms with E-state index >= 15 is 0 Å². The zero-order valence-electron chi connectivity index (χ0n) is 19.2. The van der Waals surface area contributed by atoms with Crippen molar-refractivity contribution < 1.29 is 19.1 Å². The molecule has 0 aliphatic rings. The average molecular weight is 427 g/mol. The fourth-order valence-corrected chi connectivity index (χ4v) is 3.15. The average Bonchev–Trinajstić information content (AvgIpc) is 2.78. The molecular formula is C25H34N2O4. The zero-order chi connectivity index (χ0) is 22.8. The van der Waals surface area contributed by atoms with Crippen molar-refractivity contribution in [3.8, 4) is 11.5 Å². The van der Waals surface area contributed by atoms with Crippen LogP contribution >= 0.6 is 0 Å². The molecule has 1 N–H and O–H groups in total. The maximum absolute atomic E-state index is 13.2. The second-order valence-electron chi connectivity index (χ2n) is 7.71. The van der Waals surface area contributed by atoms with Gasteiger partial charge in [0.2, 0.25) is 5.91 Å². The normalized spacial score (nSPS) is 12.5. The Hall–Kier alpha value is -3.02. The maximum Gasteiger partial charge on any atom is 0.261 e. The van der Waals surface area contributed by atoms with E-state index in [1.54, 1.807) is 36.3 Å². The van der Waals surface area contributed by atoms with Crippen LogP contribution in [0.4, 0.5) is 0 Å². The zero-order valence-corrected chi connectivity index (χ0v) is 19.2. The van der Waals surface area contributed by atoms with Gasteiger partial charge < -0.3 is 19.7 Å². The standard InChI is InChI=1S/C25H34N2O4/c1-6-19(4)26-25(29)23(7-2)27(16-20-10-8-18(3)9-11-20)24(28)17-31-22-14-12-21(30-5)13-15-22/h8-15,19,23H,6-7,16-17H2,1-5H3,(H,26,29)/t19-,23+/m1/s1. The van der Waals surface area contributed by atoms with Crippen LogP contribution in [0.15, 0.2) is 48.5 Å². The van der Waals surface area contributed by atoms with E-state index in [1.807, 2.05) is 52.0 Å². The highest BCUT2D eigenvalue weighted by Crippen LogP contribution is 2.18. The summed E-state index contributed by atoms with van der Waals surface area (Å²) < 4.78 is 10.8. The number of amides is 2. The molecule has 6 heteroatoms. The summed E-state index contributed by atoms with van der Waals surface area (Å²) in [4.78, 5) is 27.7. The van der Waals surface area contributed by atoms with Crippen molar-refractivity contribution in [1.29, 1.82) is 0 Å². The monoisotopic (exact) mass is 426 g/mol. The first-order valence-corrected chi connectivity index (χ1v) is 10.8. The van der Waals surface area contributed by atoms with Crippen LogP contribution in [0.3, 0.4) is 0 Å². The molecule has 0 saturated carbocycles. The Labute approximate surface area is 185 Å².